The van der Waals surface area contributed by atoms with Crippen molar-refractivity contribution in [1.29, 1.82) is 0 Å². The minimum atomic E-state index is -4.89. The average Bonchev–Trinajstić information content (AvgIpc) is 2.66. The van der Waals surface area contributed by atoms with E-state index in [1.807, 2.05) is 4.90 Å². The molecule has 1 fully saturated rings. The maximum Gasteiger partial charge on any atom is 0.573 e. The van der Waals surface area contributed by atoms with Crippen LogP contribution in [0.4, 0.5) is 13.2 Å². The molecule has 1 aliphatic heterocycles. The maximum atomic E-state index is 12.9. The van der Waals surface area contributed by atoms with E-state index in [-0.39, 0.29) is 37.3 Å². The summed E-state index contributed by atoms with van der Waals surface area (Å²) in [5.41, 5.74) is -0.268. The second-order valence-corrected chi connectivity index (χ2v) is 8.63. The number of benzene rings is 1. The van der Waals surface area contributed by atoms with Crippen LogP contribution in [0.1, 0.15) is 56.5 Å². The van der Waals surface area contributed by atoms with E-state index in [1.54, 1.807) is 27.7 Å². The van der Waals surface area contributed by atoms with Crippen LogP contribution < -0.4 is 10.1 Å². The van der Waals surface area contributed by atoms with Crippen LogP contribution in [-0.4, -0.2) is 61.1 Å². The van der Waals surface area contributed by atoms with Gasteiger partial charge in [-0.1, -0.05) is 6.07 Å². The Morgan fingerprint density at radius 3 is 2.56 bits per heavy atom. The third-order valence-corrected chi connectivity index (χ3v) is 4.66. The second-order valence-electron chi connectivity index (χ2n) is 8.63. The summed E-state index contributed by atoms with van der Waals surface area (Å²) >= 11 is 0. The van der Waals surface area contributed by atoms with Crippen molar-refractivity contribution in [3.63, 3.8) is 0 Å². The number of rotatable bonds is 8. The lowest BCUT2D eigenvalue weighted by molar-refractivity contribution is -0.275. The molecule has 1 aromatic carbocycles. The highest BCUT2D eigenvalue weighted by Crippen LogP contribution is 2.29. The standard InChI is InChI=1S/C22H31F3N2O5/c1-5-30-20(29)15-8-9-16(18(11-15)31-22(23,24)25)13-27-10-6-7-17(14-27)26-12-19(28)32-21(2,3)4/h8-9,11,17,26H,5-7,10,12-14H2,1-4H3/t17-/m0/s1. The Hall–Kier alpha value is -2.33. The molecular weight excluding hydrogens is 429 g/mol. The minimum absolute atomic E-state index is 0.00191. The maximum absolute atomic E-state index is 12.9. The Morgan fingerprint density at radius 2 is 1.94 bits per heavy atom. The van der Waals surface area contributed by atoms with Gasteiger partial charge in [0.1, 0.15) is 11.4 Å². The Balaban J connectivity index is 2.04. The van der Waals surface area contributed by atoms with Gasteiger partial charge in [-0.25, -0.2) is 4.79 Å². The van der Waals surface area contributed by atoms with Crippen LogP contribution in [0.3, 0.4) is 0 Å². The molecule has 2 rings (SSSR count). The summed E-state index contributed by atoms with van der Waals surface area (Å²) in [6.07, 6.45) is -3.23. The molecule has 0 radical (unpaired) electrons. The molecule has 0 aromatic heterocycles. The van der Waals surface area contributed by atoms with Gasteiger partial charge in [-0.15, -0.1) is 13.2 Å². The Kier molecular flexibility index (Phi) is 8.91. The van der Waals surface area contributed by atoms with Gasteiger partial charge in [0.25, 0.3) is 0 Å². The monoisotopic (exact) mass is 460 g/mol. The first-order valence-corrected chi connectivity index (χ1v) is 10.6. The van der Waals surface area contributed by atoms with Crippen molar-refractivity contribution in [2.75, 3.05) is 26.2 Å². The van der Waals surface area contributed by atoms with Crippen LogP contribution in [0.5, 0.6) is 5.75 Å². The topological polar surface area (TPSA) is 77.1 Å². The van der Waals surface area contributed by atoms with Crippen LogP contribution in [0.25, 0.3) is 0 Å². The van der Waals surface area contributed by atoms with Crippen molar-refractivity contribution in [3.05, 3.63) is 29.3 Å². The van der Waals surface area contributed by atoms with Crippen LogP contribution in [0.2, 0.25) is 0 Å². The number of likely N-dealkylation sites (tertiary alicyclic amines) is 1. The molecule has 180 valence electrons. The third kappa shape index (κ3) is 9.04. The first-order valence-electron chi connectivity index (χ1n) is 10.6. The number of hydrogen-bond donors (Lipinski definition) is 1. The van der Waals surface area contributed by atoms with Gasteiger partial charge in [0.15, 0.2) is 0 Å². The third-order valence-electron chi connectivity index (χ3n) is 4.66. The summed E-state index contributed by atoms with van der Waals surface area (Å²) < 4.78 is 53.1. The molecule has 0 spiro atoms. The summed E-state index contributed by atoms with van der Waals surface area (Å²) in [5, 5.41) is 3.16. The summed E-state index contributed by atoms with van der Waals surface area (Å²) in [6.45, 7) is 8.61. The van der Waals surface area contributed by atoms with Crippen molar-refractivity contribution in [2.45, 2.75) is 65.1 Å². The molecule has 32 heavy (non-hydrogen) atoms. The molecule has 10 heteroatoms. The van der Waals surface area contributed by atoms with Crippen molar-refractivity contribution < 1.29 is 37.0 Å². The number of hydrogen-bond acceptors (Lipinski definition) is 7. The van der Waals surface area contributed by atoms with Crippen molar-refractivity contribution in [2.24, 2.45) is 0 Å². The van der Waals surface area contributed by atoms with E-state index in [4.69, 9.17) is 9.47 Å². The molecule has 1 saturated heterocycles. The molecule has 0 bridgehead atoms. The highest BCUT2D eigenvalue weighted by Gasteiger charge is 2.33. The fraction of sp³-hybridized carbons (Fsp3) is 0.636. The molecule has 0 amide bonds. The molecule has 0 unspecified atom stereocenters. The summed E-state index contributed by atoms with van der Waals surface area (Å²) in [5.74, 6) is -1.49. The molecule has 7 nitrogen and oxygen atoms in total. The van der Waals surface area contributed by atoms with Gasteiger partial charge in [0, 0.05) is 24.7 Å². The zero-order valence-electron chi connectivity index (χ0n) is 18.9. The number of halogens is 3. The SMILES string of the molecule is CCOC(=O)c1ccc(CN2CCC[C@H](NCC(=O)OC(C)(C)C)C2)c(OC(F)(F)F)c1. The van der Waals surface area contributed by atoms with E-state index < -0.39 is 23.7 Å². The molecule has 1 aromatic rings. The summed E-state index contributed by atoms with van der Waals surface area (Å²) in [7, 11) is 0. The van der Waals surface area contributed by atoms with E-state index in [0.29, 0.717) is 18.7 Å². The van der Waals surface area contributed by atoms with Gasteiger partial charge < -0.3 is 19.5 Å². The average molecular weight is 460 g/mol. The Bertz CT molecular complexity index is 793. The Labute approximate surface area is 186 Å². The molecule has 1 atom stereocenters. The summed E-state index contributed by atoms with van der Waals surface area (Å²) in [6, 6.07) is 3.94. The number of nitrogens with one attached hydrogen (secondary N) is 1. The van der Waals surface area contributed by atoms with Gasteiger partial charge in [0.05, 0.1) is 18.7 Å². The van der Waals surface area contributed by atoms with E-state index >= 15 is 0 Å². The normalized spacial score (nSPS) is 17.7. The fourth-order valence-electron chi connectivity index (χ4n) is 3.46. The highest BCUT2D eigenvalue weighted by atomic mass is 19.4. The second kappa shape index (κ2) is 11.0. The smallest absolute Gasteiger partial charge is 0.462 e. The zero-order valence-corrected chi connectivity index (χ0v) is 18.9. The van der Waals surface area contributed by atoms with Gasteiger partial charge in [-0.2, -0.15) is 0 Å². The minimum Gasteiger partial charge on any atom is -0.462 e. The summed E-state index contributed by atoms with van der Waals surface area (Å²) in [4.78, 5) is 25.8. The number of carbonyl (C=O) groups is 2. The molecule has 0 aliphatic carbocycles. The lowest BCUT2D eigenvalue weighted by Crippen LogP contribution is -2.47. The molecule has 0 saturated carbocycles. The van der Waals surface area contributed by atoms with Crippen LogP contribution in [0.15, 0.2) is 18.2 Å². The molecular formula is C22H31F3N2O5. The van der Waals surface area contributed by atoms with Crippen molar-refractivity contribution in [1.82, 2.24) is 10.2 Å². The highest BCUT2D eigenvalue weighted by molar-refractivity contribution is 5.90. The van der Waals surface area contributed by atoms with Gasteiger partial charge in [0.2, 0.25) is 0 Å². The number of carbonyl (C=O) groups excluding carboxylic acids is 2. The number of piperidine rings is 1. The lowest BCUT2D eigenvalue weighted by atomic mass is 10.0. The lowest BCUT2D eigenvalue weighted by Gasteiger charge is -2.33. The molecule has 1 aliphatic rings. The fourth-order valence-corrected chi connectivity index (χ4v) is 3.46. The largest absolute Gasteiger partial charge is 0.573 e. The van der Waals surface area contributed by atoms with Crippen LogP contribution >= 0.6 is 0 Å². The van der Waals surface area contributed by atoms with E-state index in [2.05, 4.69) is 10.1 Å². The molecule has 1 heterocycles. The van der Waals surface area contributed by atoms with E-state index in [9.17, 15) is 22.8 Å². The predicted octanol–water partition coefficient (Wildman–Crippen LogP) is 3.66. The quantitative estimate of drug-likeness (QED) is 0.594. The van der Waals surface area contributed by atoms with Crippen LogP contribution in [-0.2, 0) is 20.8 Å². The van der Waals surface area contributed by atoms with E-state index in [0.717, 1.165) is 18.9 Å². The first-order chi connectivity index (χ1) is 14.9. The van der Waals surface area contributed by atoms with Crippen LogP contribution in [0, 0.1) is 0 Å². The number of ether oxygens (including phenoxy) is 3. The number of nitrogens with zero attached hydrogens (tertiary/aromatic N) is 1. The number of esters is 2. The predicted molar refractivity (Wildman–Crippen MR) is 111 cm³/mol. The molecule has 1 N–H and O–H groups in total. The Morgan fingerprint density at radius 1 is 1.22 bits per heavy atom. The first kappa shape index (κ1) is 25.9. The van der Waals surface area contributed by atoms with Crippen molar-refractivity contribution >= 4 is 11.9 Å². The van der Waals surface area contributed by atoms with Gasteiger partial charge >= 0.3 is 18.3 Å². The van der Waals surface area contributed by atoms with Gasteiger partial charge in [-0.05, 0) is 59.2 Å². The zero-order chi connectivity index (χ0) is 23.9. The van der Waals surface area contributed by atoms with Gasteiger partial charge in [-0.3, -0.25) is 9.69 Å². The van der Waals surface area contributed by atoms with Crippen molar-refractivity contribution in [3.8, 4) is 5.75 Å². The van der Waals surface area contributed by atoms with E-state index in [1.165, 1.54) is 12.1 Å². The number of alkyl halides is 3.